The zero-order valence-electron chi connectivity index (χ0n) is 25.8. The Morgan fingerprint density at radius 2 is 0.917 bits per heavy atom. The van der Waals surface area contributed by atoms with Gasteiger partial charge in [0.15, 0.2) is 0 Å². The predicted octanol–water partition coefficient (Wildman–Crippen LogP) is 11.0. The lowest BCUT2D eigenvalue weighted by atomic mass is 9.96. The van der Waals surface area contributed by atoms with Gasteiger partial charge in [0.2, 0.25) is 0 Å². The van der Waals surface area contributed by atoms with E-state index in [-0.39, 0.29) is 0 Å². The summed E-state index contributed by atoms with van der Waals surface area (Å²) in [5.74, 6) is 0. The molecule has 0 amide bonds. The number of fused-ring (bicyclic) bond motifs is 6. The van der Waals surface area contributed by atoms with E-state index in [9.17, 15) is 10.5 Å². The van der Waals surface area contributed by atoms with Crippen LogP contribution in [0.1, 0.15) is 11.1 Å². The number of para-hydroxylation sites is 4. The second-order valence-electron chi connectivity index (χ2n) is 12.0. The number of aromatic nitrogens is 2. The Kier molecular flexibility index (Phi) is 6.22. The van der Waals surface area contributed by atoms with Crippen LogP contribution in [0.4, 0.5) is 0 Å². The summed E-state index contributed by atoms with van der Waals surface area (Å²) in [5.41, 5.74) is 12.1. The van der Waals surface area contributed by atoms with Crippen molar-refractivity contribution in [3.63, 3.8) is 0 Å². The molecule has 0 saturated heterocycles. The summed E-state index contributed by atoms with van der Waals surface area (Å²) >= 11 is 0. The molecule has 0 saturated carbocycles. The minimum Gasteiger partial charge on any atom is -0.309 e. The van der Waals surface area contributed by atoms with Gasteiger partial charge in [0.25, 0.3) is 0 Å². The van der Waals surface area contributed by atoms with Gasteiger partial charge in [0.1, 0.15) is 0 Å². The van der Waals surface area contributed by atoms with Gasteiger partial charge in [-0.05, 0) is 71.8 Å². The van der Waals surface area contributed by atoms with Crippen LogP contribution in [0, 0.1) is 22.7 Å². The fourth-order valence-electron chi connectivity index (χ4n) is 7.31. The van der Waals surface area contributed by atoms with E-state index in [1.54, 1.807) is 0 Å². The zero-order chi connectivity index (χ0) is 32.2. The molecule has 0 aliphatic carbocycles. The first kappa shape index (κ1) is 27.4. The Bertz CT molecular complexity index is 2800. The Balaban J connectivity index is 1.32. The van der Waals surface area contributed by atoms with E-state index in [2.05, 4.69) is 143 Å². The Morgan fingerprint density at radius 1 is 0.375 bits per heavy atom. The summed E-state index contributed by atoms with van der Waals surface area (Å²) in [6.07, 6.45) is 0. The molecule has 0 fully saturated rings. The van der Waals surface area contributed by atoms with Gasteiger partial charge in [-0.25, -0.2) is 0 Å². The van der Waals surface area contributed by atoms with Gasteiger partial charge in [0, 0.05) is 44.0 Å². The Morgan fingerprint density at radius 3 is 1.65 bits per heavy atom. The molecule has 0 aliphatic heterocycles. The normalized spacial score (nSPS) is 11.3. The molecule has 0 unspecified atom stereocenters. The van der Waals surface area contributed by atoms with Crippen LogP contribution in [0.25, 0.3) is 77.2 Å². The third kappa shape index (κ3) is 4.14. The van der Waals surface area contributed by atoms with Crippen molar-refractivity contribution in [2.24, 2.45) is 0 Å². The molecule has 0 spiro atoms. The van der Waals surface area contributed by atoms with Crippen LogP contribution in [0.3, 0.4) is 0 Å². The zero-order valence-corrected chi connectivity index (χ0v) is 25.8. The number of hydrogen-bond acceptors (Lipinski definition) is 2. The molecule has 48 heavy (non-hydrogen) atoms. The smallest absolute Gasteiger partial charge is 0.0992 e. The molecular formula is C44H26N4. The average Bonchev–Trinajstić information content (AvgIpc) is 3.68. The van der Waals surface area contributed by atoms with Crippen LogP contribution in [-0.2, 0) is 0 Å². The van der Waals surface area contributed by atoms with E-state index in [1.807, 2.05) is 36.4 Å². The van der Waals surface area contributed by atoms with E-state index in [0.29, 0.717) is 11.1 Å². The number of benzene rings is 7. The molecule has 0 N–H and O–H groups in total. The molecule has 7 aromatic carbocycles. The van der Waals surface area contributed by atoms with Crippen LogP contribution in [0.5, 0.6) is 0 Å². The lowest BCUT2D eigenvalue weighted by molar-refractivity contribution is 1.18. The lowest BCUT2D eigenvalue weighted by Gasteiger charge is -2.14. The number of nitriles is 2. The summed E-state index contributed by atoms with van der Waals surface area (Å²) < 4.78 is 4.60. The van der Waals surface area contributed by atoms with Crippen molar-refractivity contribution in [3.05, 3.63) is 169 Å². The standard InChI is InChI=1S/C44H26N4/c45-27-29-10-6-15-34(24-29)48-41-21-5-4-16-37(41)38-19-8-17-35(43(38)48)31-11-7-12-32(26-31)36-18-9-20-39-40-25-30(28-46)22-23-42(40)47(44(36)39)33-13-2-1-3-14-33/h1-26H. The van der Waals surface area contributed by atoms with Crippen LogP contribution in [-0.4, -0.2) is 9.13 Å². The van der Waals surface area contributed by atoms with Crippen molar-refractivity contribution in [1.29, 1.82) is 10.5 Å². The lowest BCUT2D eigenvalue weighted by Crippen LogP contribution is -1.96. The van der Waals surface area contributed by atoms with E-state index < -0.39 is 0 Å². The fourth-order valence-corrected chi connectivity index (χ4v) is 7.31. The average molecular weight is 611 g/mol. The summed E-state index contributed by atoms with van der Waals surface area (Å²) in [5, 5.41) is 23.9. The highest BCUT2D eigenvalue weighted by Crippen LogP contribution is 2.42. The summed E-state index contributed by atoms with van der Waals surface area (Å²) in [6, 6.07) is 59.0. The molecule has 4 nitrogen and oxygen atoms in total. The first-order valence-corrected chi connectivity index (χ1v) is 15.9. The van der Waals surface area contributed by atoms with Crippen molar-refractivity contribution >= 4 is 43.6 Å². The topological polar surface area (TPSA) is 57.4 Å². The summed E-state index contributed by atoms with van der Waals surface area (Å²) in [4.78, 5) is 0. The molecule has 0 atom stereocenters. The number of hydrogen-bond donors (Lipinski definition) is 0. The molecule has 222 valence electrons. The van der Waals surface area contributed by atoms with Crippen molar-refractivity contribution in [2.75, 3.05) is 0 Å². The van der Waals surface area contributed by atoms with Crippen molar-refractivity contribution in [2.45, 2.75) is 0 Å². The molecular weight excluding hydrogens is 585 g/mol. The van der Waals surface area contributed by atoms with Gasteiger partial charge < -0.3 is 9.13 Å². The highest BCUT2D eigenvalue weighted by Gasteiger charge is 2.19. The predicted molar refractivity (Wildman–Crippen MR) is 195 cm³/mol. The van der Waals surface area contributed by atoms with Crippen molar-refractivity contribution in [1.82, 2.24) is 9.13 Å². The summed E-state index contributed by atoms with van der Waals surface area (Å²) in [7, 11) is 0. The highest BCUT2D eigenvalue weighted by atomic mass is 15.0. The maximum absolute atomic E-state index is 9.73. The third-order valence-corrected chi connectivity index (χ3v) is 9.34. The van der Waals surface area contributed by atoms with Crippen LogP contribution in [0.15, 0.2) is 158 Å². The molecule has 4 heteroatoms. The minimum absolute atomic E-state index is 0.627. The minimum atomic E-state index is 0.627. The highest BCUT2D eigenvalue weighted by molar-refractivity contribution is 6.15. The second kappa shape index (κ2) is 10.9. The van der Waals surface area contributed by atoms with Gasteiger partial charge in [-0.1, -0.05) is 97.1 Å². The van der Waals surface area contributed by atoms with Crippen LogP contribution in [0.2, 0.25) is 0 Å². The number of rotatable bonds is 4. The van der Waals surface area contributed by atoms with Gasteiger partial charge in [-0.2, -0.15) is 10.5 Å². The SMILES string of the molecule is N#Cc1cccc(-n2c3ccccc3c3cccc(-c4cccc(-c5cccc6c7cc(C#N)ccc7n(-c7ccccc7)c56)c4)c32)c1. The third-order valence-electron chi connectivity index (χ3n) is 9.34. The van der Waals surface area contributed by atoms with Crippen LogP contribution >= 0.6 is 0 Å². The van der Waals surface area contributed by atoms with E-state index in [0.717, 1.165) is 71.9 Å². The van der Waals surface area contributed by atoms with Gasteiger partial charge in [0.05, 0.1) is 45.3 Å². The molecule has 9 aromatic rings. The van der Waals surface area contributed by atoms with Crippen LogP contribution < -0.4 is 0 Å². The second-order valence-corrected chi connectivity index (χ2v) is 12.0. The molecule has 9 rings (SSSR count). The quantitative estimate of drug-likeness (QED) is 0.199. The monoisotopic (exact) mass is 610 g/mol. The van der Waals surface area contributed by atoms with E-state index in [1.165, 1.54) is 5.39 Å². The van der Waals surface area contributed by atoms with Gasteiger partial charge >= 0.3 is 0 Å². The van der Waals surface area contributed by atoms with E-state index in [4.69, 9.17) is 0 Å². The van der Waals surface area contributed by atoms with E-state index >= 15 is 0 Å². The van der Waals surface area contributed by atoms with Crippen molar-refractivity contribution < 1.29 is 0 Å². The van der Waals surface area contributed by atoms with Gasteiger partial charge in [-0.3, -0.25) is 0 Å². The van der Waals surface area contributed by atoms with Gasteiger partial charge in [-0.15, -0.1) is 0 Å². The molecule has 0 radical (unpaired) electrons. The first-order valence-electron chi connectivity index (χ1n) is 15.9. The Hall–Kier alpha value is -6.88. The first-order chi connectivity index (χ1) is 23.7. The molecule has 0 bridgehead atoms. The van der Waals surface area contributed by atoms with Crippen molar-refractivity contribution in [3.8, 4) is 45.8 Å². The molecule has 2 heterocycles. The molecule has 0 aliphatic rings. The maximum atomic E-state index is 9.73. The summed E-state index contributed by atoms with van der Waals surface area (Å²) in [6.45, 7) is 0. The fraction of sp³-hybridized carbons (Fsp3) is 0. The largest absolute Gasteiger partial charge is 0.309 e. The molecule has 2 aromatic heterocycles. The number of nitrogens with zero attached hydrogens (tertiary/aromatic N) is 4. The Labute approximate surface area is 277 Å². The maximum Gasteiger partial charge on any atom is 0.0992 e.